The van der Waals surface area contributed by atoms with Gasteiger partial charge in [0.1, 0.15) is 18.4 Å². The van der Waals surface area contributed by atoms with Gasteiger partial charge in [-0.05, 0) is 12.5 Å². The van der Waals surface area contributed by atoms with Crippen LogP contribution in [0.1, 0.15) is 11.8 Å². The van der Waals surface area contributed by atoms with E-state index in [0.717, 1.165) is 4.57 Å². The van der Waals surface area contributed by atoms with E-state index >= 15 is 0 Å². The van der Waals surface area contributed by atoms with Gasteiger partial charge < -0.3 is 14.9 Å². The molecule has 2 rings (SSSR count). The fourth-order valence-corrected chi connectivity index (χ4v) is 2.07. The van der Waals surface area contributed by atoms with Crippen molar-refractivity contribution in [3.05, 3.63) is 43.0 Å². The Kier molecular flexibility index (Phi) is 3.91. The minimum Gasteiger partial charge on any atom is -0.394 e. The van der Waals surface area contributed by atoms with Gasteiger partial charge in [0.15, 0.2) is 0 Å². The molecule has 1 aromatic rings. The molecule has 4 atom stereocenters. The van der Waals surface area contributed by atoms with Crippen LogP contribution >= 0.6 is 0 Å². The Balaban J connectivity index is 2.50. The van der Waals surface area contributed by atoms with Crippen LogP contribution in [0.15, 0.2) is 20.9 Å². The molecular weight excluding hydrogens is 270 g/mol. The number of aryl methyl sites for hydroxylation is 1. The lowest BCUT2D eigenvalue weighted by molar-refractivity contribution is -0.0465. The number of aromatic amines is 1. The first kappa shape index (κ1) is 14.3. The molecule has 0 amide bonds. The quantitative estimate of drug-likeness (QED) is 0.360. The number of H-pyrrole nitrogens is 1. The molecule has 0 aromatic carbocycles. The average molecular weight is 283 g/mol. The molecule has 1 aliphatic rings. The molecular formula is C10H13N5O5. The van der Waals surface area contributed by atoms with E-state index in [0.29, 0.717) is 0 Å². The summed E-state index contributed by atoms with van der Waals surface area (Å²) in [6.45, 7) is 0.998. The predicted octanol–water partition coefficient (Wildman–Crippen LogP) is -1.23. The summed E-state index contributed by atoms with van der Waals surface area (Å²) in [6, 6.07) is -1.08. The number of aliphatic hydroxyl groups is 2. The third-order valence-corrected chi connectivity index (χ3v) is 3.12. The second kappa shape index (κ2) is 5.47. The maximum atomic E-state index is 11.8. The molecule has 1 fully saturated rings. The first-order valence-corrected chi connectivity index (χ1v) is 5.80. The summed E-state index contributed by atoms with van der Waals surface area (Å²) in [5.74, 6) is 0. The van der Waals surface area contributed by atoms with E-state index in [9.17, 15) is 14.7 Å². The fourth-order valence-electron chi connectivity index (χ4n) is 2.07. The number of hydrogen-bond donors (Lipinski definition) is 3. The van der Waals surface area contributed by atoms with Crippen LogP contribution in [-0.4, -0.2) is 44.6 Å². The van der Waals surface area contributed by atoms with E-state index < -0.39 is 42.3 Å². The Morgan fingerprint density at radius 2 is 2.30 bits per heavy atom. The van der Waals surface area contributed by atoms with Crippen molar-refractivity contribution in [3.8, 4) is 0 Å². The molecule has 10 heteroatoms. The van der Waals surface area contributed by atoms with Gasteiger partial charge in [0.05, 0.1) is 12.7 Å². The zero-order valence-electron chi connectivity index (χ0n) is 10.5. The van der Waals surface area contributed by atoms with Crippen LogP contribution in [0.3, 0.4) is 0 Å². The summed E-state index contributed by atoms with van der Waals surface area (Å²) in [5.41, 5.74) is 7.49. The minimum absolute atomic E-state index is 0.259. The maximum absolute atomic E-state index is 11.8. The van der Waals surface area contributed by atoms with Crippen molar-refractivity contribution in [1.82, 2.24) is 9.55 Å². The molecule has 0 radical (unpaired) electrons. The molecule has 108 valence electrons. The van der Waals surface area contributed by atoms with E-state index in [4.69, 9.17) is 15.4 Å². The van der Waals surface area contributed by atoms with Crippen molar-refractivity contribution < 1.29 is 14.9 Å². The lowest BCUT2D eigenvalue weighted by Gasteiger charge is -2.17. The molecule has 2 heterocycles. The van der Waals surface area contributed by atoms with Crippen molar-refractivity contribution in [2.24, 2.45) is 5.11 Å². The van der Waals surface area contributed by atoms with Crippen LogP contribution in [0, 0.1) is 6.92 Å². The van der Waals surface area contributed by atoms with Crippen LogP contribution in [0.4, 0.5) is 0 Å². The van der Waals surface area contributed by atoms with Crippen LogP contribution in [0.2, 0.25) is 0 Å². The normalized spacial score (nSPS) is 29.1. The number of aromatic nitrogens is 2. The van der Waals surface area contributed by atoms with Gasteiger partial charge in [-0.2, -0.15) is 0 Å². The first-order valence-electron chi connectivity index (χ1n) is 5.80. The van der Waals surface area contributed by atoms with E-state index in [1.165, 1.54) is 13.1 Å². The summed E-state index contributed by atoms with van der Waals surface area (Å²) in [4.78, 5) is 27.8. The SMILES string of the molecule is Cc1cn(C2OC(CO)C(O)C2N=[N+]=[N-])c(=O)[nH]c1=O. The molecule has 1 aliphatic heterocycles. The first-order chi connectivity index (χ1) is 9.49. The number of azide groups is 1. The van der Waals surface area contributed by atoms with Gasteiger partial charge in [0.2, 0.25) is 0 Å². The fraction of sp³-hybridized carbons (Fsp3) is 0.600. The molecule has 4 unspecified atom stereocenters. The predicted molar refractivity (Wildman–Crippen MR) is 66.0 cm³/mol. The Bertz CT molecular complexity index is 661. The molecule has 10 nitrogen and oxygen atoms in total. The van der Waals surface area contributed by atoms with E-state index in [1.807, 2.05) is 0 Å². The summed E-state index contributed by atoms with van der Waals surface area (Å²) in [7, 11) is 0. The second-order valence-electron chi connectivity index (χ2n) is 4.41. The largest absolute Gasteiger partial charge is 0.394 e. The molecule has 0 bridgehead atoms. The third kappa shape index (κ3) is 2.32. The van der Waals surface area contributed by atoms with Crippen LogP contribution in [0.5, 0.6) is 0 Å². The number of rotatable bonds is 3. The highest BCUT2D eigenvalue weighted by atomic mass is 16.5. The molecule has 0 spiro atoms. The van der Waals surface area contributed by atoms with Crippen molar-refractivity contribution in [1.29, 1.82) is 0 Å². The van der Waals surface area contributed by atoms with Crippen LogP contribution < -0.4 is 11.2 Å². The van der Waals surface area contributed by atoms with E-state index in [2.05, 4.69) is 15.0 Å². The summed E-state index contributed by atoms with van der Waals surface area (Å²) in [6.07, 6.45) is -2.08. The molecule has 0 saturated carbocycles. The highest BCUT2D eigenvalue weighted by Crippen LogP contribution is 2.30. The highest BCUT2D eigenvalue weighted by Gasteiger charge is 2.44. The van der Waals surface area contributed by atoms with Gasteiger partial charge in [-0.3, -0.25) is 14.3 Å². The van der Waals surface area contributed by atoms with Gasteiger partial charge in [0.25, 0.3) is 5.56 Å². The zero-order valence-corrected chi connectivity index (χ0v) is 10.5. The Hall–Kier alpha value is -2.13. The topological polar surface area (TPSA) is 153 Å². The molecule has 1 saturated heterocycles. The molecule has 3 N–H and O–H groups in total. The standard InChI is InChI=1S/C10H13N5O5/c1-4-2-15(10(19)12-8(4)18)9-6(13-14-11)7(17)5(3-16)20-9/h2,5-7,9,16-17H,3H2,1H3,(H,12,18,19). The van der Waals surface area contributed by atoms with Gasteiger partial charge >= 0.3 is 5.69 Å². The average Bonchev–Trinajstić information content (AvgIpc) is 2.72. The smallest absolute Gasteiger partial charge is 0.330 e. The Morgan fingerprint density at radius 3 is 2.90 bits per heavy atom. The molecule has 1 aromatic heterocycles. The number of hydrogen-bond acceptors (Lipinski definition) is 6. The van der Waals surface area contributed by atoms with Crippen molar-refractivity contribution in [2.75, 3.05) is 6.61 Å². The summed E-state index contributed by atoms with van der Waals surface area (Å²) < 4.78 is 6.35. The lowest BCUT2D eigenvalue weighted by Crippen LogP contribution is -2.37. The van der Waals surface area contributed by atoms with Gasteiger partial charge in [-0.25, -0.2) is 4.79 Å². The van der Waals surface area contributed by atoms with Crippen LogP contribution in [-0.2, 0) is 4.74 Å². The monoisotopic (exact) mass is 283 g/mol. The Labute approximate surface area is 111 Å². The lowest BCUT2D eigenvalue weighted by atomic mass is 10.1. The van der Waals surface area contributed by atoms with Crippen LogP contribution in [0.25, 0.3) is 10.4 Å². The zero-order chi connectivity index (χ0) is 14.9. The highest BCUT2D eigenvalue weighted by molar-refractivity contribution is 5.04. The number of ether oxygens (including phenoxy) is 1. The van der Waals surface area contributed by atoms with Crippen molar-refractivity contribution >= 4 is 0 Å². The number of aliphatic hydroxyl groups excluding tert-OH is 2. The number of nitrogens with zero attached hydrogens (tertiary/aromatic N) is 4. The molecule has 0 aliphatic carbocycles. The number of nitrogens with one attached hydrogen (secondary N) is 1. The summed E-state index contributed by atoms with van der Waals surface area (Å²) >= 11 is 0. The Morgan fingerprint density at radius 1 is 1.60 bits per heavy atom. The van der Waals surface area contributed by atoms with E-state index in [1.54, 1.807) is 0 Å². The van der Waals surface area contributed by atoms with E-state index in [-0.39, 0.29) is 5.56 Å². The second-order valence-corrected chi connectivity index (χ2v) is 4.41. The van der Waals surface area contributed by atoms with Crippen molar-refractivity contribution in [3.63, 3.8) is 0 Å². The van der Waals surface area contributed by atoms with Gasteiger partial charge in [-0.1, -0.05) is 5.11 Å². The third-order valence-electron chi connectivity index (χ3n) is 3.12. The molecule has 20 heavy (non-hydrogen) atoms. The van der Waals surface area contributed by atoms with Gasteiger partial charge in [0, 0.05) is 16.7 Å². The van der Waals surface area contributed by atoms with Gasteiger partial charge in [-0.15, -0.1) is 0 Å². The minimum atomic E-state index is -1.25. The maximum Gasteiger partial charge on any atom is 0.330 e. The van der Waals surface area contributed by atoms with Crippen molar-refractivity contribution in [2.45, 2.75) is 31.4 Å². The summed E-state index contributed by atoms with van der Waals surface area (Å²) in [5, 5.41) is 22.4.